The van der Waals surface area contributed by atoms with Crippen LogP contribution in [0.2, 0.25) is 0 Å². The molecule has 0 bridgehead atoms. The Hall–Kier alpha value is -1.65. The molecule has 1 heterocycles. The molecule has 0 spiro atoms. The Labute approximate surface area is 108 Å². The molecule has 0 aromatic carbocycles. The lowest BCUT2D eigenvalue weighted by Crippen LogP contribution is -2.45. The maximum Gasteiger partial charge on any atom is 0.323 e. The van der Waals surface area contributed by atoms with Gasteiger partial charge in [0, 0.05) is 17.3 Å². The fourth-order valence-electron chi connectivity index (χ4n) is 1.73. The topological polar surface area (TPSA) is 66.3 Å². The van der Waals surface area contributed by atoms with Crippen molar-refractivity contribution in [1.82, 2.24) is 9.97 Å². The number of carboxylic acid groups (broad SMARTS) is 1. The van der Waals surface area contributed by atoms with Crippen molar-refractivity contribution in [3.05, 3.63) is 17.6 Å². The summed E-state index contributed by atoms with van der Waals surface area (Å²) < 4.78 is 0. The van der Waals surface area contributed by atoms with Gasteiger partial charge < -0.3 is 10.0 Å². The maximum absolute atomic E-state index is 11.0. The summed E-state index contributed by atoms with van der Waals surface area (Å²) >= 11 is 0. The highest BCUT2D eigenvalue weighted by Gasteiger charge is 2.25. The second-order valence-corrected chi connectivity index (χ2v) is 5.27. The van der Waals surface area contributed by atoms with Gasteiger partial charge in [0.2, 0.25) is 0 Å². The van der Waals surface area contributed by atoms with Crippen LogP contribution in [0.25, 0.3) is 0 Å². The summed E-state index contributed by atoms with van der Waals surface area (Å²) in [6.45, 7) is 9.69. The number of carbonyl (C=O) groups is 1. The molecule has 0 saturated heterocycles. The van der Waals surface area contributed by atoms with Gasteiger partial charge in [0.1, 0.15) is 18.2 Å². The number of rotatable bonds is 4. The van der Waals surface area contributed by atoms with Crippen LogP contribution in [0.4, 0.5) is 5.82 Å². The van der Waals surface area contributed by atoms with E-state index in [2.05, 4.69) is 9.97 Å². The third-order valence-corrected chi connectivity index (χ3v) is 2.62. The Morgan fingerprint density at radius 3 is 2.44 bits per heavy atom. The molecule has 0 aliphatic carbocycles. The Balaban J connectivity index is 3.20. The van der Waals surface area contributed by atoms with Crippen LogP contribution < -0.4 is 4.90 Å². The number of hydrogen-bond donors (Lipinski definition) is 1. The van der Waals surface area contributed by atoms with Crippen molar-refractivity contribution < 1.29 is 9.90 Å². The number of aryl methyl sites for hydroxylation is 2. The average Bonchev–Trinajstić information content (AvgIpc) is 2.23. The summed E-state index contributed by atoms with van der Waals surface area (Å²) in [4.78, 5) is 21.4. The van der Waals surface area contributed by atoms with E-state index < -0.39 is 5.97 Å². The van der Waals surface area contributed by atoms with Crippen molar-refractivity contribution in [2.45, 2.75) is 46.6 Å². The zero-order chi connectivity index (χ0) is 13.9. The Bertz CT molecular complexity index is 438. The van der Waals surface area contributed by atoms with E-state index >= 15 is 0 Å². The largest absolute Gasteiger partial charge is 0.480 e. The minimum absolute atomic E-state index is 0.0664. The first kappa shape index (κ1) is 14.4. The van der Waals surface area contributed by atoms with Crippen LogP contribution in [0.1, 0.15) is 39.2 Å². The summed E-state index contributed by atoms with van der Waals surface area (Å²) in [5.74, 6) is 0.484. The van der Waals surface area contributed by atoms with Crippen molar-refractivity contribution in [1.29, 1.82) is 0 Å². The molecule has 5 nitrogen and oxygen atoms in total. The molecule has 18 heavy (non-hydrogen) atoms. The molecule has 0 aliphatic heterocycles. The molecule has 1 aromatic heterocycles. The van der Waals surface area contributed by atoms with Gasteiger partial charge in [-0.15, -0.1) is 0 Å². The molecule has 1 rings (SSSR count). The van der Waals surface area contributed by atoms with Crippen LogP contribution in [0, 0.1) is 6.92 Å². The van der Waals surface area contributed by atoms with Gasteiger partial charge in [-0.3, -0.25) is 4.79 Å². The second-order valence-electron chi connectivity index (χ2n) is 5.27. The maximum atomic E-state index is 11.0. The van der Waals surface area contributed by atoms with Crippen LogP contribution in [0.5, 0.6) is 0 Å². The number of anilines is 1. The summed E-state index contributed by atoms with van der Waals surface area (Å²) in [5, 5.41) is 9.02. The van der Waals surface area contributed by atoms with Gasteiger partial charge in [-0.05, 0) is 34.1 Å². The van der Waals surface area contributed by atoms with Gasteiger partial charge in [0.15, 0.2) is 0 Å². The molecule has 5 heteroatoms. The molecular weight excluding hydrogens is 230 g/mol. The zero-order valence-electron chi connectivity index (χ0n) is 11.7. The average molecular weight is 251 g/mol. The monoisotopic (exact) mass is 251 g/mol. The number of carboxylic acids is 1. The fraction of sp³-hybridized carbons (Fsp3) is 0.615. The van der Waals surface area contributed by atoms with Crippen molar-refractivity contribution in [3.63, 3.8) is 0 Å². The lowest BCUT2D eigenvalue weighted by molar-refractivity contribution is -0.135. The van der Waals surface area contributed by atoms with Crippen LogP contribution in [0.15, 0.2) is 6.07 Å². The van der Waals surface area contributed by atoms with E-state index in [1.165, 1.54) is 0 Å². The number of aliphatic carboxylic acids is 1. The highest BCUT2D eigenvalue weighted by Crippen LogP contribution is 2.22. The minimum Gasteiger partial charge on any atom is -0.480 e. The van der Waals surface area contributed by atoms with Gasteiger partial charge in [-0.25, -0.2) is 9.97 Å². The first-order valence-corrected chi connectivity index (χ1v) is 6.08. The van der Waals surface area contributed by atoms with E-state index in [9.17, 15) is 4.79 Å². The van der Waals surface area contributed by atoms with Crippen molar-refractivity contribution >= 4 is 11.8 Å². The molecular formula is C13H21N3O2. The van der Waals surface area contributed by atoms with Crippen LogP contribution >= 0.6 is 0 Å². The SMILES string of the molecule is CCc1cc(N(CC(=O)O)C(C)(C)C)nc(C)n1. The molecule has 0 unspecified atom stereocenters. The Morgan fingerprint density at radius 2 is 2.00 bits per heavy atom. The Kier molecular flexibility index (Phi) is 4.27. The highest BCUT2D eigenvalue weighted by atomic mass is 16.4. The highest BCUT2D eigenvalue weighted by molar-refractivity contribution is 5.73. The van der Waals surface area contributed by atoms with E-state index in [0.29, 0.717) is 11.6 Å². The van der Waals surface area contributed by atoms with Gasteiger partial charge in [0.25, 0.3) is 0 Å². The number of aromatic nitrogens is 2. The molecule has 0 radical (unpaired) electrons. The minimum atomic E-state index is -0.862. The van der Waals surface area contributed by atoms with Crippen LogP contribution in [-0.2, 0) is 11.2 Å². The van der Waals surface area contributed by atoms with E-state index in [4.69, 9.17) is 5.11 Å². The smallest absolute Gasteiger partial charge is 0.323 e. The fourth-order valence-corrected chi connectivity index (χ4v) is 1.73. The predicted molar refractivity (Wildman–Crippen MR) is 70.9 cm³/mol. The second kappa shape index (κ2) is 5.33. The van der Waals surface area contributed by atoms with Crippen LogP contribution in [0.3, 0.4) is 0 Å². The molecule has 0 saturated carbocycles. The molecule has 1 aromatic rings. The summed E-state index contributed by atoms with van der Waals surface area (Å²) in [6.07, 6.45) is 0.807. The van der Waals surface area contributed by atoms with Crippen molar-refractivity contribution in [2.24, 2.45) is 0 Å². The van der Waals surface area contributed by atoms with Gasteiger partial charge >= 0.3 is 5.97 Å². The van der Waals surface area contributed by atoms with E-state index in [1.54, 1.807) is 4.90 Å². The van der Waals surface area contributed by atoms with E-state index in [-0.39, 0.29) is 12.1 Å². The zero-order valence-corrected chi connectivity index (χ0v) is 11.7. The lowest BCUT2D eigenvalue weighted by Gasteiger charge is -2.35. The molecule has 0 fully saturated rings. The number of nitrogens with zero attached hydrogens (tertiary/aromatic N) is 3. The molecule has 0 aliphatic rings. The van der Waals surface area contributed by atoms with E-state index in [0.717, 1.165) is 12.1 Å². The quantitative estimate of drug-likeness (QED) is 0.887. The van der Waals surface area contributed by atoms with Crippen molar-refractivity contribution in [2.75, 3.05) is 11.4 Å². The van der Waals surface area contributed by atoms with Gasteiger partial charge in [-0.1, -0.05) is 6.92 Å². The molecule has 1 N–H and O–H groups in total. The normalized spacial score (nSPS) is 11.4. The Morgan fingerprint density at radius 1 is 1.39 bits per heavy atom. The first-order valence-electron chi connectivity index (χ1n) is 6.08. The first-order chi connectivity index (χ1) is 8.24. The molecule has 0 amide bonds. The van der Waals surface area contributed by atoms with Crippen LogP contribution in [-0.4, -0.2) is 33.1 Å². The summed E-state index contributed by atoms with van der Waals surface area (Å²) in [6, 6.07) is 1.86. The third-order valence-electron chi connectivity index (χ3n) is 2.62. The number of hydrogen-bond acceptors (Lipinski definition) is 4. The van der Waals surface area contributed by atoms with Gasteiger partial charge in [-0.2, -0.15) is 0 Å². The molecule has 0 atom stereocenters. The predicted octanol–water partition coefficient (Wildman–Crippen LogP) is 2.04. The standard InChI is InChI=1S/C13H21N3O2/c1-6-10-7-11(15-9(2)14-10)16(8-12(17)18)13(3,4)5/h7H,6,8H2,1-5H3,(H,17,18). The summed E-state index contributed by atoms with van der Waals surface area (Å²) in [7, 11) is 0. The lowest BCUT2D eigenvalue weighted by atomic mass is 10.1. The summed E-state index contributed by atoms with van der Waals surface area (Å²) in [5.41, 5.74) is 0.627. The van der Waals surface area contributed by atoms with Crippen molar-refractivity contribution in [3.8, 4) is 0 Å². The van der Waals surface area contributed by atoms with E-state index in [1.807, 2.05) is 40.7 Å². The van der Waals surface area contributed by atoms with Gasteiger partial charge in [0.05, 0.1) is 0 Å². The third kappa shape index (κ3) is 3.68. The molecule has 100 valence electrons.